The number of hydrogen-bond acceptors (Lipinski definition) is 2. The molecule has 0 bridgehead atoms. The number of aromatic nitrogens is 2. The maximum Gasteiger partial charge on any atom is 0.275 e. The lowest BCUT2D eigenvalue weighted by Crippen LogP contribution is -2.43. The van der Waals surface area contributed by atoms with Gasteiger partial charge in [0, 0.05) is 48.7 Å². The maximum atomic E-state index is 13.8. The molecule has 0 radical (unpaired) electrons. The van der Waals surface area contributed by atoms with Crippen molar-refractivity contribution >= 4 is 27.7 Å². The van der Waals surface area contributed by atoms with Gasteiger partial charge in [-0.3, -0.25) is 9.59 Å². The van der Waals surface area contributed by atoms with Crippen LogP contribution in [0.1, 0.15) is 62.4 Å². The highest BCUT2D eigenvalue weighted by Crippen LogP contribution is 2.34. The van der Waals surface area contributed by atoms with Crippen molar-refractivity contribution in [3.8, 4) is 0 Å². The van der Waals surface area contributed by atoms with Crippen LogP contribution in [0.15, 0.2) is 35.3 Å². The number of hydrogen-bond donors (Lipinski definition) is 0. The minimum atomic E-state index is 0.0348. The lowest BCUT2D eigenvalue weighted by Gasteiger charge is -2.35. The minimum Gasteiger partial charge on any atom is -0.339 e. The number of benzene rings is 1. The molecule has 5 rings (SSSR count). The minimum absolute atomic E-state index is 0.0348. The van der Waals surface area contributed by atoms with Crippen molar-refractivity contribution in [3.05, 3.63) is 46.4 Å². The fourth-order valence-electron chi connectivity index (χ4n) is 5.92. The highest BCUT2D eigenvalue weighted by atomic mass is 16.2. The Morgan fingerprint density at radius 1 is 1.03 bits per heavy atom. The second kappa shape index (κ2) is 7.29. The number of para-hydroxylation sites is 1. The van der Waals surface area contributed by atoms with Crippen molar-refractivity contribution in [2.24, 2.45) is 18.9 Å². The largest absolute Gasteiger partial charge is 0.339 e. The summed E-state index contributed by atoms with van der Waals surface area (Å²) in [5, 5.41) is 1.82. The predicted molar refractivity (Wildman–Crippen MR) is 121 cm³/mol. The Balaban J connectivity index is 1.77. The number of pyridine rings is 1. The Labute approximate surface area is 177 Å². The van der Waals surface area contributed by atoms with E-state index in [2.05, 4.69) is 13.8 Å². The van der Waals surface area contributed by atoms with Gasteiger partial charge in [0.2, 0.25) is 0 Å². The van der Waals surface area contributed by atoms with Gasteiger partial charge in [0.1, 0.15) is 5.52 Å². The van der Waals surface area contributed by atoms with Crippen molar-refractivity contribution < 1.29 is 4.79 Å². The highest BCUT2D eigenvalue weighted by molar-refractivity contribution is 6.17. The van der Waals surface area contributed by atoms with Crippen LogP contribution in [0, 0.1) is 11.8 Å². The first kappa shape index (κ1) is 19.4. The summed E-state index contributed by atoms with van der Waals surface area (Å²) in [6, 6.07) is 8.25. The molecule has 1 saturated carbocycles. The number of fused-ring (bicyclic) bond motifs is 3. The fraction of sp³-hybridized carbons (Fsp3) is 0.520. The molecule has 1 aromatic carbocycles. The van der Waals surface area contributed by atoms with Crippen molar-refractivity contribution in [2.45, 2.75) is 52.0 Å². The number of nitrogens with zero attached hydrogens (tertiary/aromatic N) is 3. The molecule has 2 aliphatic rings. The van der Waals surface area contributed by atoms with E-state index in [0.717, 1.165) is 61.5 Å². The second-order valence-corrected chi connectivity index (χ2v) is 9.65. The van der Waals surface area contributed by atoms with E-state index in [4.69, 9.17) is 0 Å². The van der Waals surface area contributed by atoms with Crippen molar-refractivity contribution in [2.75, 3.05) is 13.1 Å². The molecule has 30 heavy (non-hydrogen) atoms. The summed E-state index contributed by atoms with van der Waals surface area (Å²) < 4.78 is 3.86. The molecule has 2 atom stereocenters. The third-order valence-corrected chi connectivity index (χ3v) is 7.19. The van der Waals surface area contributed by atoms with E-state index in [-0.39, 0.29) is 17.5 Å². The molecule has 0 N–H and O–H groups in total. The van der Waals surface area contributed by atoms with Crippen molar-refractivity contribution in [1.29, 1.82) is 0 Å². The third kappa shape index (κ3) is 2.98. The molecule has 1 saturated heterocycles. The van der Waals surface area contributed by atoms with E-state index in [1.807, 2.05) is 51.5 Å². The highest BCUT2D eigenvalue weighted by Gasteiger charge is 2.30. The van der Waals surface area contributed by atoms with Gasteiger partial charge < -0.3 is 14.0 Å². The summed E-state index contributed by atoms with van der Waals surface area (Å²) in [6.07, 6.45) is 7.37. The van der Waals surface area contributed by atoms with Crippen LogP contribution in [0.2, 0.25) is 0 Å². The van der Waals surface area contributed by atoms with Crippen LogP contribution in [-0.2, 0) is 7.05 Å². The first-order valence-corrected chi connectivity index (χ1v) is 11.4. The Morgan fingerprint density at radius 3 is 2.40 bits per heavy atom. The third-order valence-electron chi connectivity index (χ3n) is 7.19. The van der Waals surface area contributed by atoms with Crippen LogP contribution in [0.25, 0.3) is 21.8 Å². The zero-order valence-corrected chi connectivity index (χ0v) is 18.2. The summed E-state index contributed by atoms with van der Waals surface area (Å²) in [5.41, 5.74) is 2.39. The summed E-state index contributed by atoms with van der Waals surface area (Å²) in [5.74, 6) is 1.07. The van der Waals surface area contributed by atoms with Gasteiger partial charge in [-0.2, -0.15) is 0 Å². The van der Waals surface area contributed by atoms with Crippen LogP contribution in [0.5, 0.6) is 0 Å². The van der Waals surface area contributed by atoms with Crippen molar-refractivity contribution in [3.63, 3.8) is 0 Å². The number of carbonyl (C=O) groups excluding carboxylic acids is 1. The van der Waals surface area contributed by atoms with Gasteiger partial charge in [0.25, 0.3) is 11.5 Å². The summed E-state index contributed by atoms with van der Waals surface area (Å²) in [6.45, 7) is 6.03. The van der Waals surface area contributed by atoms with E-state index in [0.29, 0.717) is 22.9 Å². The first-order chi connectivity index (χ1) is 14.5. The van der Waals surface area contributed by atoms with E-state index >= 15 is 0 Å². The van der Waals surface area contributed by atoms with Crippen LogP contribution in [-0.4, -0.2) is 33.0 Å². The van der Waals surface area contributed by atoms with Crippen LogP contribution < -0.4 is 5.56 Å². The fourth-order valence-corrected chi connectivity index (χ4v) is 5.92. The monoisotopic (exact) mass is 405 g/mol. The number of piperidine rings is 1. The van der Waals surface area contributed by atoms with E-state index in [9.17, 15) is 9.59 Å². The molecular weight excluding hydrogens is 374 g/mol. The normalized spacial score (nSPS) is 23.0. The van der Waals surface area contributed by atoms with Gasteiger partial charge in [0.15, 0.2) is 0 Å². The van der Waals surface area contributed by atoms with Gasteiger partial charge >= 0.3 is 0 Å². The molecule has 1 amide bonds. The average molecular weight is 406 g/mol. The number of aryl methyl sites for hydroxylation is 1. The van der Waals surface area contributed by atoms with E-state index in [1.54, 1.807) is 0 Å². The summed E-state index contributed by atoms with van der Waals surface area (Å²) >= 11 is 0. The molecular formula is C25H31N3O2. The van der Waals surface area contributed by atoms with E-state index in [1.165, 1.54) is 0 Å². The van der Waals surface area contributed by atoms with Gasteiger partial charge in [-0.1, -0.05) is 44.9 Å². The molecule has 3 heterocycles. The molecule has 158 valence electrons. The smallest absolute Gasteiger partial charge is 0.275 e. The van der Waals surface area contributed by atoms with Gasteiger partial charge in [-0.15, -0.1) is 0 Å². The molecule has 3 aromatic rings. The van der Waals surface area contributed by atoms with Crippen molar-refractivity contribution in [1.82, 2.24) is 14.0 Å². The topological polar surface area (TPSA) is 47.2 Å². The Bertz CT molecular complexity index is 1170. The standard InChI is InChI=1S/C25H31N3O2/c1-16-12-17(2)14-27(13-16)24(29)20-15-28(18-8-4-5-9-18)25(30)23-22(20)19-10-6-7-11-21(19)26(23)3/h6-7,10-11,15-18H,4-5,8-9,12-14H2,1-3H3/t16-,17-/m1/s1. The van der Waals surface area contributed by atoms with Crippen LogP contribution in [0.4, 0.5) is 0 Å². The molecule has 1 aliphatic carbocycles. The van der Waals surface area contributed by atoms with Crippen LogP contribution in [0.3, 0.4) is 0 Å². The van der Waals surface area contributed by atoms with Crippen LogP contribution >= 0.6 is 0 Å². The lowest BCUT2D eigenvalue weighted by atomic mass is 9.91. The molecule has 2 fully saturated rings. The molecule has 5 heteroatoms. The number of rotatable bonds is 2. The maximum absolute atomic E-state index is 13.8. The molecule has 2 aromatic heterocycles. The summed E-state index contributed by atoms with van der Waals surface area (Å²) in [7, 11) is 1.95. The lowest BCUT2D eigenvalue weighted by molar-refractivity contribution is 0.0624. The Hall–Kier alpha value is -2.56. The SMILES string of the molecule is C[C@@H]1C[C@@H](C)CN(C(=O)c2cn(C3CCCC3)c(=O)c3c2c2ccccc2n3C)C1. The molecule has 0 spiro atoms. The average Bonchev–Trinajstić information content (AvgIpc) is 3.35. The van der Waals surface area contributed by atoms with Gasteiger partial charge in [0.05, 0.1) is 5.56 Å². The zero-order chi connectivity index (χ0) is 21.0. The number of carbonyl (C=O) groups is 1. The summed E-state index contributed by atoms with van der Waals surface area (Å²) in [4.78, 5) is 29.4. The zero-order valence-electron chi connectivity index (χ0n) is 18.2. The molecule has 0 unspecified atom stereocenters. The van der Waals surface area contributed by atoms with Gasteiger partial charge in [-0.05, 0) is 37.2 Å². The molecule has 5 nitrogen and oxygen atoms in total. The Kier molecular flexibility index (Phi) is 4.72. The second-order valence-electron chi connectivity index (χ2n) is 9.65. The Morgan fingerprint density at radius 2 is 1.70 bits per heavy atom. The number of amides is 1. The molecule has 1 aliphatic heterocycles. The predicted octanol–water partition coefficient (Wildman–Crippen LogP) is 4.73. The van der Waals surface area contributed by atoms with Gasteiger partial charge in [-0.25, -0.2) is 0 Å². The first-order valence-electron chi connectivity index (χ1n) is 11.4. The van der Waals surface area contributed by atoms with E-state index < -0.39 is 0 Å². The number of likely N-dealkylation sites (tertiary alicyclic amines) is 1. The quantitative estimate of drug-likeness (QED) is 0.619.